The first-order valence-corrected chi connectivity index (χ1v) is 11.4. The van der Waals surface area contributed by atoms with E-state index in [0.29, 0.717) is 6.04 Å². The smallest absolute Gasteiger partial charge is 0.171 e. The fourth-order valence-corrected chi connectivity index (χ4v) is 5.85. The van der Waals surface area contributed by atoms with E-state index < -0.39 is 0 Å². The van der Waals surface area contributed by atoms with Crippen LogP contribution in [0.25, 0.3) is 0 Å². The maximum Gasteiger partial charge on any atom is 0.171 e. The molecule has 3 N–H and O–H groups in total. The van der Waals surface area contributed by atoms with E-state index >= 15 is 0 Å². The largest absolute Gasteiger partial charge is 0.359 e. The van der Waals surface area contributed by atoms with Crippen molar-refractivity contribution in [1.29, 1.82) is 0 Å². The van der Waals surface area contributed by atoms with E-state index in [2.05, 4.69) is 60.2 Å². The number of quaternary nitrogens is 1. The summed E-state index contributed by atoms with van der Waals surface area (Å²) in [5, 5.41) is 9.98. The monoisotopic (exact) mass is 400 g/mol. The van der Waals surface area contributed by atoms with Crippen LogP contribution < -0.4 is 15.5 Å². The molecule has 0 amide bonds. The minimum absolute atomic E-state index is 0.499. The second-order valence-electron chi connectivity index (χ2n) is 8.22. The molecule has 144 valence electrons. The minimum Gasteiger partial charge on any atom is -0.359 e. The van der Waals surface area contributed by atoms with E-state index in [-0.39, 0.29) is 0 Å². The standard InChI is InChI=1S/C22H29N3S2/c1-15-8-9-17(11-16(15)2)23-22(26)24-18-12-19-5-3-6-20(13-18)25(19)14-21-7-4-10-27-21/h4,7-11,18-20H,3,5-6,12-14H2,1-2H3,(H2,23,24,26)/p+1/t18?,19-,20+. The van der Waals surface area contributed by atoms with Crippen molar-refractivity contribution in [2.75, 3.05) is 5.32 Å². The van der Waals surface area contributed by atoms with E-state index in [4.69, 9.17) is 12.2 Å². The lowest BCUT2D eigenvalue weighted by Gasteiger charge is -2.46. The Balaban J connectivity index is 1.35. The Morgan fingerprint density at radius 2 is 1.93 bits per heavy atom. The predicted molar refractivity (Wildman–Crippen MR) is 119 cm³/mol. The first-order chi connectivity index (χ1) is 13.1. The van der Waals surface area contributed by atoms with E-state index in [9.17, 15) is 0 Å². The number of thiocarbonyl (C=S) groups is 1. The lowest BCUT2D eigenvalue weighted by atomic mass is 9.81. The summed E-state index contributed by atoms with van der Waals surface area (Å²) in [4.78, 5) is 3.34. The Hall–Kier alpha value is -1.43. The number of piperidine rings is 2. The Morgan fingerprint density at radius 3 is 2.59 bits per heavy atom. The summed E-state index contributed by atoms with van der Waals surface area (Å²) in [6.07, 6.45) is 6.55. The van der Waals surface area contributed by atoms with Crippen LogP contribution in [0.4, 0.5) is 5.69 Å². The summed E-state index contributed by atoms with van der Waals surface area (Å²) < 4.78 is 0. The van der Waals surface area contributed by atoms with Gasteiger partial charge in [0, 0.05) is 24.6 Å². The van der Waals surface area contributed by atoms with Gasteiger partial charge in [0.1, 0.15) is 6.54 Å². The molecule has 0 aliphatic carbocycles. The third-order valence-corrected chi connectivity index (χ3v) is 7.45. The van der Waals surface area contributed by atoms with Gasteiger partial charge in [0.05, 0.1) is 17.0 Å². The number of anilines is 1. The quantitative estimate of drug-likeness (QED) is 0.682. The Kier molecular flexibility index (Phi) is 5.81. The molecular weight excluding hydrogens is 370 g/mol. The number of rotatable bonds is 4. The van der Waals surface area contributed by atoms with Gasteiger partial charge in [0.25, 0.3) is 0 Å². The SMILES string of the molecule is Cc1ccc(NC(=S)NC2C[C@H]3CCC[C@@H](C2)[NH+]3Cc2cccs2)cc1C. The van der Waals surface area contributed by atoms with Crippen LogP contribution in [0.5, 0.6) is 0 Å². The van der Waals surface area contributed by atoms with Crippen LogP contribution in [0, 0.1) is 13.8 Å². The molecule has 2 fully saturated rings. The van der Waals surface area contributed by atoms with Gasteiger partial charge in [-0.15, -0.1) is 11.3 Å². The summed E-state index contributed by atoms with van der Waals surface area (Å²) in [6.45, 7) is 5.48. The van der Waals surface area contributed by atoms with Gasteiger partial charge in [-0.25, -0.2) is 0 Å². The van der Waals surface area contributed by atoms with E-state index in [1.54, 1.807) is 0 Å². The van der Waals surface area contributed by atoms with Crippen molar-refractivity contribution in [2.24, 2.45) is 0 Å². The maximum atomic E-state index is 5.62. The van der Waals surface area contributed by atoms with Gasteiger partial charge in [0.15, 0.2) is 5.11 Å². The van der Waals surface area contributed by atoms with Crippen molar-refractivity contribution in [3.05, 3.63) is 51.7 Å². The van der Waals surface area contributed by atoms with Crippen LogP contribution >= 0.6 is 23.6 Å². The Labute approximate surface area is 172 Å². The molecule has 0 radical (unpaired) electrons. The summed E-state index contributed by atoms with van der Waals surface area (Å²) in [5.74, 6) is 0. The molecule has 1 aromatic carbocycles. The highest BCUT2D eigenvalue weighted by atomic mass is 32.1. The molecule has 2 aromatic rings. The van der Waals surface area contributed by atoms with Crippen LogP contribution in [0.15, 0.2) is 35.7 Å². The third-order valence-electron chi connectivity index (χ3n) is 6.35. The molecule has 4 rings (SSSR count). The predicted octanol–water partition coefficient (Wildman–Crippen LogP) is 3.82. The number of hydrogen-bond acceptors (Lipinski definition) is 2. The first-order valence-electron chi connectivity index (χ1n) is 10.1. The van der Waals surface area contributed by atoms with Crippen molar-refractivity contribution in [1.82, 2.24) is 5.32 Å². The van der Waals surface area contributed by atoms with Gasteiger partial charge < -0.3 is 15.5 Å². The van der Waals surface area contributed by atoms with Crippen molar-refractivity contribution in [3.8, 4) is 0 Å². The molecule has 1 aromatic heterocycles. The van der Waals surface area contributed by atoms with Crippen molar-refractivity contribution in [2.45, 2.75) is 70.6 Å². The molecule has 0 saturated carbocycles. The van der Waals surface area contributed by atoms with Gasteiger partial charge in [0.2, 0.25) is 0 Å². The van der Waals surface area contributed by atoms with Crippen LogP contribution in [-0.4, -0.2) is 23.2 Å². The Bertz CT molecular complexity index is 773. The first kappa shape index (κ1) is 18.9. The van der Waals surface area contributed by atoms with Crippen LogP contribution in [0.2, 0.25) is 0 Å². The number of benzene rings is 1. The van der Waals surface area contributed by atoms with Gasteiger partial charge in [-0.2, -0.15) is 0 Å². The average Bonchev–Trinajstić information content (AvgIpc) is 3.12. The molecule has 2 bridgehead atoms. The topological polar surface area (TPSA) is 28.5 Å². The molecule has 4 atom stereocenters. The van der Waals surface area contributed by atoms with Gasteiger partial charge in [-0.3, -0.25) is 0 Å². The molecule has 2 aliphatic heterocycles. The van der Waals surface area contributed by atoms with Crippen molar-refractivity contribution in [3.63, 3.8) is 0 Å². The van der Waals surface area contributed by atoms with Gasteiger partial charge >= 0.3 is 0 Å². The van der Waals surface area contributed by atoms with E-state index in [1.807, 2.05) is 16.2 Å². The molecule has 0 spiro atoms. The molecular formula is C22H30N3S2+. The number of fused-ring (bicyclic) bond motifs is 2. The highest BCUT2D eigenvalue weighted by Crippen LogP contribution is 2.23. The average molecular weight is 401 g/mol. The lowest BCUT2D eigenvalue weighted by molar-refractivity contribution is -0.973. The fourth-order valence-electron chi connectivity index (χ4n) is 4.83. The number of hydrogen-bond donors (Lipinski definition) is 3. The number of aryl methyl sites for hydroxylation is 2. The second kappa shape index (κ2) is 8.29. The number of nitrogens with one attached hydrogen (secondary N) is 3. The molecule has 2 aliphatic rings. The summed E-state index contributed by atoms with van der Waals surface area (Å²) in [7, 11) is 0. The minimum atomic E-state index is 0.499. The third kappa shape index (κ3) is 4.53. The van der Waals surface area contributed by atoms with Crippen molar-refractivity contribution >= 4 is 34.4 Å². The molecule has 5 heteroatoms. The molecule has 2 saturated heterocycles. The highest BCUT2D eigenvalue weighted by molar-refractivity contribution is 7.80. The molecule has 3 heterocycles. The van der Waals surface area contributed by atoms with E-state index in [1.165, 1.54) is 54.7 Å². The van der Waals surface area contributed by atoms with Gasteiger partial charge in [-0.1, -0.05) is 12.1 Å². The highest BCUT2D eigenvalue weighted by Gasteiger charge is 2.42. The van der Waals surface area contributed by atoms with E-state index in [0.717, 1.165) is 22.9 Å². The summed E-state index contributed by atoms with van der Waals surface area (Å²) in [5.41, 5.74) is 3.69. The van der Waals surface area contributed by atoms with Crippen LogP contribution in [0.3, 0.4) is 0 Å². The van der Waals surface area contributed by atoms with Crippen LogP contribution in [-0.2, 0) is 6.54 Å². The zero-order valence-corrected chi connectivity index (χ0v) is 17.9. The normalized spacial score (nSPS) is 27.2. The molecule has 27 heavy (non-hydrogen) atoms. The lowest BCUT2D eigenvalue weighted by Crippen LogP contribution is -3.20. The molecule has 2 unspecified atom stereocenters. The summed E-state index contributed by atoms with van der Waals surface area (Å²) >= 11 is 7.52. The van der Waals surface area contributed by atoms with Gasteiger partial charge in [-0.05, 0) is 80.0 Å². The fraction of sp³-hybridized carbons (Fsp3) is 0.500. The second-order valence-corrected chi connectivity index (χ2v) is 9.66. The maximum absolute atomic E-state index is 5.62. The Morgan fingerprint density at radius 1 is 1.15 bits per heavy atom. The zero-order valence-electron chi connectivity index (χ0n) is 16.3. The van der Waals surface area contributed by atoms with Crippen molar-refractivity contribution < 1.29 is 4.90 Å². The summed E-state index contributed by atoms with van der Waals surface area (Å²) in [6, 6.07) is 12.9. The number of thiophene rings is 1. The molecule has 3 nitrogen and oxygen atoms in total. The van der Waals surface area contributed by atoms with Crippen LogP contribution in [0.1, 0.15) is 48.1 Å². The zero-order chi connectivity index (χ0) is 18.8.